The molecule has 2 aromatic carbocycles. The molecule has 2 N–H and O–H groups in total. The zero-order valence-electron chi connectivity index (χ0n) is 19.1. The number of amides is 2. The lowest BCUT2D eigenvalue weighted by atomic mass is 9.66. The molecule has 5 nitrogen and oxygen atoms in total. The lowest BCUT2D eigenvalue weighted by Crippen LogP contribution is -2.60. The Bertz CT molecular complexity index is 993. The maximum absolute atomic E-state index is 13.4. The lowest BCUT2D eigenvalue weighted by Gasteiger charge is -2.51. The van der Waals surface area contributed by atoms with Crippen LogP contribution in [0.5, 0.6) is 0 Å². The molecular weight excluding hydrogens is 423 g/mol. The van der Waals surface area contributed by atoms with E-state index in [1.807, 2.05) is 39.8 Å². The Kier molecular flexibility index (Phi) is 7.06. The second-order valence-electron chi connectivity index (χ2n) is 9.58. The van der Waals surface area contributed by atoms with E-state index in [2.05, 4.69) is 5.32 Å². The van der Waals surface area contributed by atoms with Gasteiger partial charge in [0.05, 0.1) is 5.60 Å². The summed E-state index contributed by atoms with van der Waals surface area (Å²) in [4.78, 5) is 27.9. The molecule has 2 radical (unpaired) electrons. The molecule has 0 unspecified atom stereocenters. The van der Waals surface area contributed by atoms with Gasteiger partial charge in [0.15, 0.2) is 0 Å². The van der Waals surface area contributed by atoms with Gasteiger partial charge in [-0.2, -0.15) is 0 Å². The van der Waals surface area contributed by atoms with Crippen molar-refractivity contribution in [1.29, 1.82) is 0 Å². The summed E-state index contributed by atoms with van der Waals surface area (Å²) in [6.07, 6.45) is 0.390. The van der Waals surface area contributed by atoms with Crippen LogP contribution in [0.1, 0.15) is 50.0 Å². The molecule has 1 saturated heterocycles. The number of aliphatic hydroxyl groups is 1. The molecule has 2 amide bonds. The molecule has 1 heterocycles. The van der Waals surface area contributed by atoms with E-state index in [0.29, 0.717) is 35.6 Å². The van der Waals surface area contributed by atoms with Gasteiger partial charge >= 0.3 is 0 Å². The van der Waals surface area contributed by atoms with Gasteiger partial charge < -0.3 is 15.3 Å². The highest BCUT2D eigenvalue weighted by Gasteiger charge is 2.50. The predicted octanol–water partition coefficient (Wildman–Crippen LogP) is 3.03. The highest BCUT2D eigenvalue weighted by Crippen LogP contribution is 2.46. The molecule has 0 bridgehead atoms. The first-order valence-electron chi connectivity index (χ1n) is 10.9. The highest BCUT2D eigenvalue weighted by molar-refractivity contribution is 6.32. The van der Waals surface area contributed by atoms with Gasteiger partial charge in [0.1, 0.15) is 13.9 Å². The van der Waals surface area contributed by atoms with Gasteiger partial charge in [0, 0.05) is 29.1 Å². The molecule has 7 heteroatoms. The van der Waals surface area contributed by atoms with Crippen LogP contribution in [0, 0.1) is 11.3 Å². The van der Waals surface area contributed by atoms with Crippen molar-refractivity contribution in [1.82, 2.24) is 10.2 Å². The zero-order chi connectivity index (χ0) is 23.7. The molecule has 0 aliphatic carbocycles. The fourth-order valence-electron chi connectivity index (χ4n) is 4.39. The predicted molar refractivity (Wildman–Crippen MR) is 128 cm³/mol. The molecule has 168 valence electrons. The van der Waals surface area contributed by atoms with Crippen LogP contribution in [0.15, 0.2) is 48.5 Å². The first-order chi connectivity index (χ1) is 14.9. The maximum atomic E-state index is 13.4. The van der Waals surface area contributed by atoms with Crippen LogP contribution in [0.25, 0.3) is 0 Å². The van der Waals surface area contributed by atoms with E-state index in [9.17, 15) is 14.7 Å². The first kappa shape index (κ1) is 24.3. The quantitative estimate of drug-likeness (QED) is 0.685. The molecule has 0 spiro atoms. The second-order valence-corrected chi connectivity index (χ2v) is 10.0. The number of nitrogens with one attached hydrogen (secondary N) is 1. The first-order valence-corrected chi connectivity index (χ1v) is 11.3. The highest BCUT2D eigenvalue weighted by atomic mass is 35.5. The number of halogens is 1. The van der Waals surface area contributed by atoms with Crippen LogP contribution in [0.3, 0.4) is 0 Å². The van der Waals surface area contributed by atoms with Crippen molar-refractivity contribution >= 4 is 36.7 Å². The summed E-state index contributed by atoms with van der Waals surface area (Å²) in [5, 5.41) is 15.1. The molecule has 0 aromatic heterocycles. The molecular formula is C25H30BClN2O3. The number of rotatable bonds is 5. The van der Waals surface area contributed by atoms with Gasteiger partial charge in [0.25, 0.3) is 5.91 Å². The Morgan fingerprint density at radius 1 is 1.16 bits per heavy atom. The van der Waals surface area contributed by atoms with Crippen LogP contribution >= 0.6 is 11.6 Å². The third kappa shape index (κ3) is 4.86. The number of piperidine rings is 1. The van der Waals surface area contributed by atoms with Crippen molar-refractivity contribution in [3.8, 4) is 0 Å². The average molecular weight is 453 g/mol. The van der Waals surface area contributed by atoms with Crippen LogP contribution in [-0.2, 0) is 10.4 Å². The monoisotopic (exact) mass is 452 g/mol. The van der Waals surface area contributed by atoms with E-state index >= 15 is 0 Å². The Hall–Kier alpha value is -2.31. The van der Waals surface area contributed by atoms with E-state index in [-0.39, 0.29) is 17.7 Å². The van der Waals surface area contributed by atoms with Gasteiger partial charge in [-0.15, -0.1) is 0 Å². The van der Waals surface area contributed by atoms with Crippen molar-refractivity contribution in [2.24, 2.45) is 11.3 Å². The number of hydrogen-bond donors (Lipinski definition) is 2. The summed E-state index contributed by atoms with van der Waals surface area (Å²) in [5.41, 5.74) is -0.000953. The number of nitrogens with zero attached hydrogens (tertiary/aromatic N) is 1. The van der Waals surface area contributed by atoms with Crippen molar-refractivity contribution in [3.05, 3.63) is 64.7 Å². The summed E-state index contributed by atoms with van der Waals surface area (Å²) in [7, 11) is 5.79. The van der Waals surface area contributed by atoms with E-state index in [0.717, 1.165) is 5.56 Å². The van der Waals surface area contributed by atoms with Crippen LogP contribution in [0.2, 0.25) is 5.02 Å². The van der Waals surface area contributed by atoms with Crippen molar-refractivity contribution in [2.45, 2.75) is 45.8 Å². The van der Waals surface area contributed by atoms with E-state index < -0.39 is 17.1 Å². The Balaban J connectivity index is 1.77. The normalized spacial score (nSPS) is 21.3. The molecule has 1 fully saturated rings. The minimum atomic E-state index is -1.09. The fourth-order valence-corrected chi connectivity index (χ4v) is 4.51. The van der Waals surface area contributed by atoms with E-state index in [4.69, 9.17) is 19.4 Å². The summed E-state index contributed by atoms with van der Waals surface area (Å²) in [6.45, 7) is 8.47. The fraction of sp³-hybridized carbons (Fsp3) is 0.440. The van der Waals surface area contributed by atoms with Crippen LogP contribution in [0.4, 0.5) is 0 Å². The number of benzene rings is 2. The van der Waals surface area contributed by atoms with Gasteiger partial charge in [-0.3, -0.25) is 9.59 Å². The molecule has 2 aromatic rings. The third-order valence-corrected chi connectivity index (χ3v) is 6.70. The van der Waals surface area contributed by atoms with Gasteiger partial charge in [-0.05, 0) is 36.1 Å². The number of hydrogen-bond acceptors (Lipinski definition) is 3. The average Bonchev–Trinajstić information content (AvgIpc) is 2.73. The molecule has 32 heavy (non-hydrogen) atoms. The molecule has 2 atom stereocenters. The Morgan fingerprint density at radius 2 is 1.81 bits per heavy atom. The van der Waals surface area contributed by atoms with E-state index in [1.54, 1.807) is 41.3 Å². The second kappa shape index (κ2) is 9.28. The summed E-state index contributed by atoms with van der Waals surface area (Å²) < 4.78 is 0. The smallest absolute Gasteiger partial charge is 0.251 e. The van der Waals surface area contributed by atoms with Crippen molar-refractivity contribution in [2.75, 3.05) is 13.1 Å². The van der Waals surface area contributed by atoms with Gasteiger partial charge in [-0.1, -0.05) is 75.1 Å². The molecule has 1 aliphatic rings. The minimum absolute atomic E-state index is 0.104. The van der Waals surface area contributed by atoms with Crippen LogP contribution < -0.4 is 10.8 Å². The largest absolute Gasteiger partial charge is 0.384 e. The van der Waals surface area contributed by atoms with Crippen molar-refractivity contribution in [3.63, 3.8) is 0 Å². The maximum Gasteiger partial charge on any atom is 0.251 e. The topological polar surface area (TPSA) is 69.6 Å². The minimum Gasteiger partial charge on any atom is -0.384 e. The Morgan fingerprint density at radius 3 is 2.38 bits per heavy atom. The summed E-state index contributed by atoms with van der Waals surface area (Å²) >= 11 is 6.01. The van der Waals surface area contributed by atoms with Crippen LogP contribution in [-0.4, -0.2) is 48.8 Å². The van der Waals surface area contributed by atoms with Gasteiger partial charge in [-0.25, -0.2) is 0 Å². The standard InChI is InChI=1S/C25H30BClN2O3/c1-16(2)21(28-22(30)17-6-5-7-19(26)14-17)23(31)29-13-12-25(32,24(3,4)15-29)18-8-10-20(27)11-9-18/h5-11,14,16,21,32H,12-13,15H2,1-4H3,(H,28,30)/t21-,25+/m1/s1. The summed E-state index contributed by atoms with van der Waals surface area (Å²) in [6, 6.07) is 13.2. The third-order valence-electron chi connectivity index (χ3n) is 6.45. The number of carbonyl (C=O) groups excluding carboxylic acids is 2. The molecule has 1 aliphatic heterocycles. The summed E-state index contributed by atoms with van der Waals surface area (Å²) in [5.74, 6) is -0.588. The lowest BCUT2D eigenvalue weighted by molar-refractivity contribution is -0.155. The SMILES string of the molecule is [B]c1cccc(C(=O)N[C@@H](C(=O)N2CC[C@](O)(c3ccc(Cl)cc3)C(C)(C)C2)C(C)C)c1. The molecule has 3 rings (SSSR count). The Labute approximate surface area is 196 Å². The number of carbonyl (C=O) groups is 2. The number of likely N-dealkylation sites (tertiary alicyclic amines) is 1. The van der Waals surface area contributed by atoms with Gasteiger partial charge in [0.2, 0.25) is 5.91 Å². The van der Waals surface area contributed by atoms with Crippen molar-refractivity contribution < 1.29 is 14.7 Å². The molecule has 0 saturated carbocycles. The van der Waals surface area contributed by atoms with E-state index in [1.165, 1.54) is 0 Å². The zero-order valence-corrected chi connectivity index (χ0v) is 19.8.